The average molecular weight is 223 g/mol. The number of thiophene rings is 2. The zero-order valence-corrected chi connectivity index (χ0v) is 9.75. The first-order valence-electron chi connectivity index (χ1n) is 4.62. The maximum atomic E-state index is 3.45. The van der Waals surface area contributed by atoms with Crippen LogP contribution in [0.3, 0.4) is 0 Å². The molecule has 14 heavy (non-hydrogen) atoms. The molecule has 0 aliphatic carbocycles. The molecule has 0 fully saturated rings. The standard InChI is InChI=1S/C11H13NS2/c1-9-4-6-14-11(9)8-12-7-10-3-2-5-13-10/h2-6,12H,7-8H2,1H3. The van der Waals surface area contributed by atoms with Crippen molar-refractivity contribution < 1.29 is 0 Å². The molecular weight excluding hydrogens is 210 g/mol. The number of nitrogens with one attached hydrogen (secondary N) is 1. The molecule has 2 aromatic heterocycles. The third-order valence-electron chi connectivity index (χ3n) is 2.13. The molecule has 2 heterocycles. The van der Waals surface area contributed by atoms with E-state index in [2.05, 4.69) is 41.2 Å². The van der Waals surface area contributed by atoms with Crippen molar-refractivity contribution in [3.63, 3.8) is 0 Å². The molecule has 2 rings (SSSR count). The van der Waals surface area contributed by atoms with Gasteiger partial charge in [-0.1, -0.05) is 6.07 Å². The van der Waals surface area contributed by atoms with Gasteiger partial charge in [0.25, 0.3) is 0 Å². The molecule has 0 amide bonds. The van der Waals surface area contributed by atoms with E-state index in [9.17, 15) is 0 Å². The van der Waals surface area contributed by atoms with Crippen molar-refractivity contribution in [2.45, 2.75) is 20.0 Å². The van der Waals surface area contributed by atoms with Gasteiger partial charge in [-0.05, 0) is 35.4 Å². The van der Waals surface area contributed by atoms with Gasteiger partial charge in [0.15, 0.2) is 0 Å². The highest BCUT2D eigenvalue weighted by Gasteiger charge is 1.99. The molecule has 0 atom stereocenters. The van der Waals surface area contributed by atoms with Crippen LogP contribution >= 0.6 is 22.7 Å². The lowest BCUT2D eigenvalue weighted by atomic mass is 10.3. The first-order valence-corrected chi connectivity index (χ1v) is 6.38. The fourth-order valence-corrected chi connectivity index (χ4v) is 2.85. The van der Waals surface area contributed by atoms with Gasteiger partial charge in [0.1, 0.15) is 0 Å². The molecule has 0 saturated heterocycles. The minimum atomic E-state index is 0.981. The molecule has 0 unspecified atom stereocenters. The summed E-state index contributed by atoms with van der Waals surface area (Å²) in [5.41, 5.74) is 1.40. The van der Waals surface area contributed by atoms with E-state index in [1.165, 1.54) is 15.3 Å². The van der Waals surface area contributed by atoms with Crippen molar-refractivity contribution in [3.8, 4) is 0 Å². The van der Waals surface area contributed by atoms with Crippen LogP contribution < -0.4 is 5.32 Å². The van der Waals surface area contributed by atoms with Crippen LogP contribution in [0.25, 0.3) is 0 Å². The van der Waals surface area contributed by atoms with E-state index >= 15 is 0 Å². The van der Waals surface area contributed by atoms with Gasteiger partial charge in [0.2, 0.25) is 0 Å². The quantitative estimate of drug-likeness (QED) is 0.837. The van der Waals surface area contributed by atoms with Crippen LogP contribution in [0.15, 0.2) is 29.0 Å². The van der Waals surface area contributed by atoms with Gasteiger partial charge < -0.3 is 5.32 Å². The monoisotopic (exact) mass is 223 g/mol. The van der Waals surface area contributed by atoms with Crippen molar-refractivity contribution in [1.82, 2.24) is 5.32 Å². The molecule has 1 N–H and O–H groups in total. The Kier molecular flexibility index (Phi) is 3.35. The van der Waals surface area contributed by atoms with E-state index in [1.54, 1.807) is 11.3 Å². The van der Waals surface area contributed by atoms with E-state index in [-0.39, 0.29) is 0 Å². The van der Waals surface area contributed by atoms with Crippen LogP contribution in [0.5, 0.6) is 0 Å². The highest BCUT2D eigenvalue weighted by Crippen LogP contribution is 2.15. The van der Waals surface area contributed by atoms with Gasteiger partial charge in [-0.15, -0.1) is 22.7 Å². The maximum absolute atomic E-state index is 3.45. The third-order valence-corrected chi connectivity index (χ3v) is 4.03. The highest BCUT2D eigenvalue weighted by atomic mass is 32.1. The minimum Gasteiger partial charge on any atom is -0.307 e. The van der Waals surface area contributed by atoms with E-state index < -0.39 is 0 Å². The number of hydrogen-bond acceptors (Lipinski definition) is 3. The average Bonchev–Trinajstić information content (AvgIpc) is 2.78. The molecule has 2 aromatic rings. The van der Waals surface area contributed by atoms with Crippen molar-refractivity contribution in [3.05, 3.63) is 44.3 Å². The van der Waals surface area contributed by atoms with E-state index in [0.717, 1.165) is 13.1 Å². The summed E-state index contributed by atoms with van der Waals surface area (Å²) in [6.07, 6.45) is 0. The van der Waals surface area contributed by atoms with Crippen molar-refractivity contribution in [2.24, 2.45) is 0 Å². The molecule has 0 spiro atoms. The molecule has 0 aromatic carbocycles. The predicted molar refractivity (Wildman–Crippen MR) is 63.9 cm³/mol. The van der Waals surface area contributed by atoms with Gasteiger partial charge in [-0.25, -0.2) is 0 Å². The summed E-state index contributed by atoms with van der Waals surface area (Å²) in [5, 5.41) is 7.72. The summed E-state index contributed by atoms with van der Waals surface area (Å²) in [6.45, 7) is 4.13. The second kappa shape index (κ2) is 4.73. The zero-order valence-electron chi connectivity index (χ0n) is 8.12. The SMILES string of the molecule is Cc1ccsc1CNCc1cccs1. The van der Waals surface area contributed by atoms with Crippen LogP contribution in [0.2, 0.25) is 0 Å². The van der Waals surface area contributed by atoms with Crippen LogP contribution in [-0.4, -0.2) is 0 Å². The smallest absolute Gasteiger partial charge is 0.0305 e. The normalized spacial score (nSPS) is 10.6. The Morgan fingerprint density at radius 1 is 1.14 bits per heavy atom. The Balaban J connectivity index is 1.81. The Bertz CT molecular complexity index is 376. The fourth-order valence-electron chi connectivity index (χ4n) is 1.30. The first-order chi connectivity index (χ1) is 6.86. The minimum absolute atomic E-state index is 0.981. The summed E-state index contributed by atoms with van der Waals surface area (Å²) < 4.78 is 0. The van der Waals surface area contributed by atoms with Gasteiger partial charge >= 0.3 is 0 Å². The summed E-state index contributed by atoms with van der Waals surface area (Å²) in [6, 6.07) is 6.43. The Hall–Kier alpha value is -0.640. The maximum Gasteiger partial charge on any atom is 0.0305 e. The van der Waals surface area contributed by atoms with Crippen LogP contribution in [0, 0.1) is 6.92 Å². The molecule has 3 heteroatoms. The molecule has 0 radical (unpaired) electrons. The molecule has 0 aliphatic rings. The van der Waals surface area contributed by atoms with Crippen LogP contribution in [0.1, 0.15) is 15.3 Å². The van der Waals surface area contributed by atoms with E-state index in [1.807, 2.05) is 11.3 Å². The molecule has 74 valence electrons. The van der Waals surface area contributed by atoms with Gasteiger partial charge in [0.05, 0.1) is 0 Å². The third kappa shape index (κ3) is 2.44. The number of rotatable bonds is 4. The zero-order chi connectivity index (χ0) is 9.80. The van der Waals surface area contributed by atoms with Gasteiger partial charge in [-0.2, -0.15) is 0 Å². The number of aryl methyl sites for hydroxylation is 1. The molecule has 0 saturated carbocycles. The van der Waals surface area contributed by atoms with E-state index in [0.29, 0.717) is 0 Å². The van der Waals surface area contributed by atoms with Crippen molar-refractivity contribution >= 4 is 22.7 Å². The Morgan fingerprint density at radius 3 is 2.71 bits per heavy atom. The van der Waals surface area contributed by atoms with E-state index in [4.69, 9.17) is 0 Å². The Labute approximate surface area is 92.4 Å². The number of hydrogen-bond donors (Lipinski definition) is 1. The fraction of sp³-hybridized carbons (Fsp3) is 0.273. The predicted octanol–water partition coefficient (Wildman–Crippen LogP) is 3.41. The molecule has 0 aliphatic heterocycles. The molecular formula is C11H13NS2. The Morgan fingerprint density at radius 2 is 2.07 bits per heavy atom. The summed E-state index contributed by atoms with van der Waals surface area (Å²) in [7, 11) is 0. The second-order valence-electron chi connectivity index (χ2n) is 3.21. The van der Waals surface area contributed by atoms with Crippen LogP contribution in [0.4, 0.5) is 0 Å². The lowest BCUT2D eigenvalue weighted by molar-refractivity contribution is 0.706. The first kappa shape index (κ1) is 9.90. The summed E-state index contributed by atoms with van der Waals surface area (Å²) in [4.78, 5) is 2.85. The topological polar surface area (TPSA) is 12.0 Å². The lowest BCUT2D eigenvalue weighted by Crippen LogP contribution is -2.11. The molecule has 0 bridgehead atoms. The molecule has 1 nitrogen and oxygen atoms in total. The van der Waals surface area contributed by atoms with Crippen molar-refractivity contribution in [2.75, 3.05) is 0 Å². The summed E-state index contributed by atoms with van der Waals surface area (Å²) >= 11 is 3.63. The second-order valence-corrected chi connectivity index (χ2v) is 5.24. The summed E-state index contributed by atoms with van der Waals surface area (Å²) in [5.74, 6) is 0. The van der Waals surface area contributed by atoms with Crippen molar-refractivity contribution in [1.29, 1.82) is 0 Å². The van der Waals surface area contributed by atoms with Gasteiger partial charge in [-0.3, -0.25) is 0 Å². The van der Waals surface area contributed by atoms with Gasteiger partial charge in [0, 0.05) is 22.8 Å². The largest absolute Gasteiger partial charge is 0.307 e. The highest BCUT2D eigenvalue weighted by molar-refractivity contribution is 7.10. The lowest BCUT2D eigenvalue weighted by Gasteiger charge is -2.01. The van der Waals surface area contributed by atoms with Crippen LogP contribution in [-0.2, 0) is 13.1 Å².